The number of methoxy groups -OCH3 is 1. The molecule has 0 bridgehead atoms. The van der Waals surface area contributed by atoms with Gasteiger partial charge in [-0.15, -0.1) is 0 Å². The number of hydrogen-bond acceptors (Lipinski definition) is 13. The number of piperazine rings is 1. The van der Waals surface area contributed by atoms with Gasteiger partial charge in [0.2, 0.25) is 5.95 Å². The van der Waals surface area contributed by atoms with Crippen LogP contribution in [0.25, 0.3) is 0 Å². The molecule has 6 rings (SSSR count). The molecule has 2 saturated heterocycles. The zero-order valence-corrected chi connectivity index (χ0v) is 36.0. The van der Waals surface area contributed by atoms with Crippen molar-refractivity contribution in [3.63, 3.8) is 0 Å². The van der Waals surface area contributed by atoms with Crippen LogP contribution in [-0.2, 0) is 14.2 Å². The molecule has 3 heterocycles. The molecular weight excluding hydrogens is 791 g/mol. The maximum absolute atomic E-state index is 12.9. The van der Waals surface area contributed by atoms with Crippen LogP contribution in [0.1, 0.15) is 32.1 Å². The van der Waals surface area contributed by atoms with Gasteiger partial charge < -0.3 is 49.3 Å². The number of aromatic nitrogens is 2. The van der Waals surface area contributed by atoms with Gasteiger partial charge in [-0.3, -0.25) is 9.69 Å². The molecule has 316 valence electrons. The molecule has 0 saturated carbocycles. The van der Waals surface area contributed by atoms with E-state index in [-0.39, 0.29) is 12.3 Å². The minimum atomic E-state index is -2.54. The van der Waals surface area contributed by atoms with Crippen molar-refractivity contribution >= 4 is 65.1 Å². The fraction of sp³-hybridized carbons (Fsp3) is 0.442. The van der Waals surface area contributed by atoms with E-state index >= 15 is 0 Å². The number of hydrogen-bond donors (Lipinski definition) is 3. The van der Waals surface area contributed by atoms with Gasteiger partial charge in [0.05, 0.1) is 31.3 Å². The third kappa shape index (κ3) is 12.1. The second-order valence-corrected chi connectivity index (χ2v) is 18.7. The molecule has 0 spiro atoms. The minimum absolute atomic E-state index is 0.254. The number of piperidine rings is 1. The van der Waals surface area contributed by atoms with Crippen molar-refractivity contribution in [2.24, 2.45) is 0 Å². The highest BCUT2D eigenvalue weighted by Crippen LogP contribution is 2.39. The first kappa shape index (κ1) is 43.7. The van der Waals surface area contributed by atoms with Crippen LogP contribution < -0.4 is 40.4 Å². The monoisotopic (exact) mass is 846 g/mol. The highest BCUT2D eigenvalue weighted by atomic mass is 35.5. The zero-order chi connectivity index (χ0) is 41.8. The number of amides is 1. The molecule has 14 nitrogen and oxygen atoms in total. The summed E-state index contributed by atoms with van der Waals surface area (Å²) in [6.07, 6.45) is 5.34. The van der Waals surface area contributed by atoms with Gasteiger partial charge in [0, 0.05) is 88.8 Å². The number of nitrogens with zero attached hydrogens (tertiary/aromatic N) is 5. The Bertz CT molecular complexity index is 2050. The maximum atomic E-state index is 12.9. The van der Waals surface area contributed by atoms with Crippen LogP contribution in [0.4, 0.5) is 28.8 Å². The van der Waals surface area contributed by atoms with E-state index in [0.29, 0.717) is 53.0 Å². The molecule has 1 amide bonds. The zero-order valence-electron chi connectivity index (χ0n) is 34.4. The first-order valence-corrected chi connectivity index (χ1v) is 23.2. The summed E-state index contributed by atoms with van der Waals surface area (Å²) in [5.41, 5.74) is 2.54. The number of anilines is 5. The summed E-state index contributed by atoms with van der Waals surface area (Å²) >= 11 is 6.48. The van der Waals surface area contributed by atoms with E-state index in [1.165, 1.54) is 6.20 Å². The smallest absolute Gasteiger partial charge is 0.260 e. The van der Waals surface area contributed by atoms with Crippen LogP contribution in [0.15, 0.2) is 72.9 Å². The molecule has 3 aromatic carbocycles. The number of para-hydroxylation sites is 1. The second kappa shape index (κ2) is 20.9. The lowest BCUT2D eigenvalue weighted by molar-refractivity contribution is -0.127. The molecule has 0 aliphatic carbocycles. The SMILES string of the molecule is CNC(=O)C(CCC=O)Oc1ccc(OCCCN2CCN(C3CCN(c4ccc(Nc5ncc(Cl)c(Nc6ccccc6P(C)(C)=O)n5)c(OC)c4)CC3)CC2)cc1. The van der Waals surface area contributed by atoms with Gasteiger partial charge in [-0.25, -0.2) is 4.98 Å². The van der Waals surface area contributed by atoms with Crippen molar-refractivity contribution < 1.29 is 28.4 Å². The maximum Gasteiger partial charge on any atom is 0.260 e. The van der Waals surface area contributed by atoms with Crippen molar-refractivity contribution in [3.8, 4) is 17.2 Å². The highest BCUT2D eigenvalue weighted by molar-refractivity contribution is 7.70. The Morgan fingerprint density at radius 1 is 0.966 bits per heavy atom. The van der Waals surface area contributed by atoms with E-state index in [1.807, 2.05) is 42.5 Å². The lowest BCUT2D eigenvalue weighted by Crippen LogP contribution is -2.53. The molecule has 59 heavy (non-hydrogen) atoms. The van der Waals surface area contributed by atoms with Crippen LogP contribution in [0.5, 0.6) is 17.2 Å². The Morgan fingerprint density at radius 3 is 2.39 bits per heavy atom. The minimum Gasteiger partial charge on any atom is -0.494 e. The fourth-order valence-corrected chi connectivity index (χ4v) is 8.81. The number of ether oxygens (including phenoxy) is 3. The van der Waals surface area contributed by atoms with E-state index in [4.69, 9.17) is 25.8 Å². The normalized spacial score (nSPS) is 15.9. The molecule has 2 aliphatic rings. The molecule has 0 radical (unpaired) electrons. The molecule has 3 N–H and O–H groups in total. The topological polar surface area (TPSA) is 150 Å². The van der Waals surface area contributed by atoms with Crippen LogP contribution in [0.2, 0.25) is 5.02 Å². The quantitative estimate of drug-likeness (QED) is 0.0543. The Hall–Kier alpha value is -4.88. The Labute approximate surface area is 352 Å². The lowest BCUT2D eigenvalue weighted by atomic mass is 10.0. The number of aldehydes is 1. The van der Waals surface area contributed by atoms with Crippen LogP contribution >= 0.6 is 18.7 Å². The first-order valence-electron chi connectivity index (χ1n) is 20.2. The fourth-order valence-electron chi connectivity index (χ4n) is 7.51. The molecule has 2 fully saturated rings. The van der Waals surface area contributed by atoms with Crippen LogP contribution in [0, 0.1) is 0 Å². The molecule has 2 aliphatic heterocycles. The molecule has 4 aromatic rings. The Morgan fingerprint density at radius 2 is 1.69 bits per heavy atom. The third-order valence-electron chi connectivity index (χ3n) is 10.7. The summed E-state index contributed by atoms with van der Waals surface area (Å²) in [6.45, 7) is 11.3. The number of carbonyl (C=O) groups excluding carboxylic acids is 2. The summed E-state index contributed by atoms with van der Waals surface area (Å²) in [5, 5.41) is 10.2. The summed E-state index contributed by atoms with van der Waals surface area (Å²) in [5.74, 6) is 2.51. The average molecular weight is 847 g/mol. The number of nitrogens with one attached hydrogen (secondary N) is 3. The summed E-state index contributed by atoms with van der Waals surface area (Å²) < 4.78 is 30.5. The predicted octanol–water partition coefficient (Wildman–Crippen LogP) is 6.40. The van der Waals surface area contributed by atoms with E-state index in [1.54, 1.807) is 39.6 Å². The van der Waals surface area contributed by atoms with Gasteiger partial charge in [-0.1, -0.05) is 23.7 Å². The molecular formula is C43H56ClN8O6P. The Balaban J connectivity index is 0.922. The largest absolute Gasteiger partial charge is 0.494 e. The molecule has 1 aromatic heterocycles. The van der Waals surface area contributed by atoms with Gasteiger partial charge in [0.25, 0.3) is 5.91 Å². The van der Waals surface area contributed by atoms with Gasteiger partial charge in [-0.2, -0.15) is 4.98 Å². The third-order valence-corrected chi connectivity index (χ3v) is 12.6. The summed E-state index contributed by atoms with van der Waals surface area (Å²) in [7, 11) is 0.671. The van der Waals surface area contributed by atoms with Gasteiger partial charge in [0.15, 0.2) is 11.9 Å². The van der Waals surface area contributed by atoms with E-state index in [0.717, 1.165) is 93.8 Å². The van der Waals surface area contributed by atoms with Crippen molar-refractivity contribution in [3.05, 3.63) is 77.9 Å². The standard InChI is InChI=1S/C43H56ClN8O6P/c1-45-42(54)38(10-7-27-53)58-34-15-13-33(14-16-34)57-28-8-20-50-23-25-52(26-24-50)31-18-21-51(22-19-31)32-12-17-36(39(29-32)56-2)48-43-46-30-35(44)41(49-43)47-37-9-5-6-11-40(37)59(3,4)55/h5-6,9,11-17,27,29-31,38H,7-8,10,18-26,28H2,1-4H3,(H,45,54)(H2,46,47,48,49). The van der Waals surface area contributed by atoms with E-state index < -0.39 is 13.2 Å². The van der Waals surface area contributed by atoms with Crippen LogP contribution in [-0.4, -0.2) is 124 Å². The number of benzene rings is 3. The van der Waals surface area contributed by atoms with Gasteiger partial charge in [-0.05, 0) is 81.1 Å². The molecule has 16 heteroatoms. The first-order chi connectivity index (χ1) is 28.5. The Kier molecular flexibility index (Phi) is 15.5. The average Bonchev–Trinajstić information content (AvgIpc) is 3.25. The number of rotatable bonds is 19. The number of carbonyl (C=O) groups is 2. The highest BCUT2D eigenvalue weighted by Gasteiger charge is 2.28. The van der Waals surface area contributed by atoms with E-state index in [9.17, 15) is 14.2 Å². The van der Waals surface area contributed by atoms with Crippen molar-refractivity contribution in [1.29, 1.82) is 0 Å². The van der Waals surface area contributed by atoms with Crippen molar-refractivity contribution in [2.75, 3.05) is 95.4 Å². The van der Waals surface area contributed by atoms with Crippen LogP contribution in [0.3, 0.4) is 0 Å². The lowest BCUT2D eigenvalue weighted by Gasteiger charge is -2.43. The number of likely N-dealkylation sites (N-methyl/N-ethyl adjacent to an activating group) is 1. The van der Waals surface area contributed by atoms with Gasteiger partial charge in [0.1, 0.15) is 35.7 Å². The summed E-state index contributed by atoms with van der Waals surface area (Å²) in [6, 6.07) is 21.4. The predicted molar refractivity (Wildman–Crippen MR) is 236 cm³/mol. The van der Waals surface area contributed by atoms with Crippen molar-refractivity contribution in [2.45, 2.75) is 44.2 Å². The summed E-state index contributed by atoms with van der Waals surface area (Å²) in [4.78, 5) is 39.5. The molecule has 1 atom stereocenters. The van der Waals surface area contributed by atoms with E-state index in [2.05, 4.69) is 52.8 Å². The molecule has 1 unspecified atom stereocenters. The number of halogens is 1. The van der Waals surface area contributed by atoms with Gasteiger partial charge >= 0.3 is 0 Å². The second-order valence-electron chi connectivity index (χ2n) is 15.1. The van der Waals surface area contributed by atoms with Crippen molar-refractivity contribution in [1.82, 2.24) is 25.1 Å².